The number of ketones is 2. The molecule has 0 aromatic carbocycles. The van der Waals surface area contributed by atoms with Gasteiger partial charge in [-0.1, -0.05) is 40.7 Å². The lowest BCUT2D eigenvalue weighted by Crippen LogP contribution is -2.64. The molecule has 4 aliphatic rings. The highest BCUT2D eigenvalue weighted by molar-refractivity contribution is 6.04. The van der Waals surface area contributed by atoms with Gasteiger partial charge in [0.2, 0.25) is 11.6 Å². The van der Waals surface area contributed by atoms with Gasteiger partial charge in [-0.05, 0) is 55.6 Å². The second-order valence-electron chi connectivity index (χ2n) is 11.8. The van der Waals surface area contributed by atoms with Crippen molar-refractivity contribution in [2.24, 2.45) is 34.5 Å². The fourth-order valence-electron chi connectivity index (χ4n) is 8.39. The lowest BCUT2D eigenvalue weighted by Gasteiger charge is -2.60. The normalized spacial score (nSPS) is 40.5. The SMILES string of the molecule is CCCC(=O)O[C@]1(C(=O)COC(=O)CC)[C@@H](C)C[C@H]2[C@@H]3CCC4=C(F)C(=O)C=C[C@]4(C)[C@H]3[C@@H](O)C[C@@]21C. The molecule has 0 spiro atoms. The van der Waals surface area contributed by atoms with E-state index in [0.29, 0.717) is 31.3 Å². The number of aliphatic hydroxyl groups excluding tert-OH is 1. The highest BCUT2D eigenvalue weighted by Gasteiger charge is 2.73. The van der Waals surface area contributed by atoms with Gasteiger partial charge in [0.1, 0.15) is 0 Å². The third-order valence-electron chi connectivity index (χ3n) is 9.92. The van der Waals surface area contributed by atoms with Gasteiger partial charge in [0.25, 0.3) is 0 Å². The standard InChI is InChI=1S/C29H39FO7/c1-6-8-24(35)37-29(22(33)15-36-23(34)7-2)16(3)13-19-17-9-10-18-26(30)20(31)11-12-27(18,4)25(17)21(32)14-28(19,29)5/h11-12,16-17,19,21,25,32H,6-10,13-15H2,1-5H3/t16-,17-,19-,21-,25+,27-,28-,29-/m0/s1. The minimum atomic E-state index is -1.55. The Morgan fingerprint density at radius 3 is 2.54 bits per heavy atom. The zero-order chi connectivity index (χ0) is 27.3. The molecule has 0 unspecified atom stereocenters. The van der Waals surface area contributed by atoms with Crippen molar-refractivity contribution in [3.05, 3.63) is 23.6 Å². The topological polar surface area (TPSA) is 107 Å². The molecule has 0 radical (unpaired) electrons. The molecule has 0 amide bonds. The van der Waals surface area contributed by atoms with Crippen molar-refractivity contribution in [2.75, 3.05) is 6.61 Å². The second kappa shape index (κ2) is 9.75. The summed E-state index contributed by atoms with van der Waals surface area (Å²) < 4.78 is 26.3. The van der Waals surface area contributed by atoms with E-state index in [9.17, 15) is 28.7 Å². The van der Waals surface area contributed by atoms with E-state index in [1.54, 1.807) is 13.0 Å². The number of hydrogen-bond donors (Lipinski definition) is 1. The molecule has 8 atom stereocenters. The molecule has 0 saturated heterocycles. The van der Waals surface area contributed by atoms with Crippen LogP contribution in [0.5, 0.6) is 0 Å². The molecule has 3 fully saturated rings. The van der Waals surface area contributed by atoms with Gasteiger partial charge in [-0.15, -0.1) is 0 Å². The van der Waals surface area contributed by atoms with Crippen LogP contribution < -0.4 is 0 Å². The van der Waals surface area contributed by atoms with Crippen LogP contribution in [0, 0.1) is 34.5 Å². The van der Waals surface area contributed by atoms with Gasteiger partial charge >= 0.3 is 11.9 Å². The second-order valence-corrected chi connectivity index (χ2v) is 11.8. The Labute approximate surface area is 217 Å². The third-order valence-corrected chi connectivity index (χ3v) is 9.92. The number of ether oxygens (including phenoxy) is 2. The van der Waals surface area contributed by atoms with Gasteiger partial charge < -0.3 is 14.6 Å². The van der Waals surface area contributed by atoms with E-state index in [1.807, 2.05) is 27.7 Å². The first kappa shape index (κ1) is 27.7. The molecular weight excluding hydrogens is 479 g/mol. The molecule has 3 saturated carbocycles. The van der Waals surface area contributed by atoms with Crippen molar-refractivity contribution in [3.63, 3.8) is 0 Å². The molecule has 0 heterocycles. The molecule has 0 aromatic rings. The summed E-state index contributed by atoms with van der Waals surface area (Å²) in [5, 5.41) is 11.7. The largest absolute Gasteiger partial charge is 0.457 e. The van der Waals surface area contributed by atoms with Crippen LogP contribution in [0.4, 0.5) is 4.39 Å². The first-order valence-electron chi connectivity index (χ1n) is 13.6. The Hall–Kier alpha value is -2.35. The maximum absolute atomic E-state index is 14.9. The summed E-state index contributed by atoms with van der Waals surface area (Å²) in [6, 6.07) is 0. The van der Waals surface area contributed by atoms with Crippen LogP contribution in [0.2, 0.25) is 0 Å². The van der Waals surface area contributed by atoms with Gasteiger partial charge in [-0.2, -0.15) is 0 Å². The Morgan fingerprint density at radius 1 is 1.19 bits per heavy atom. The van der Waals surface area contributed by atoms with Crippen LogP contribution >= 0.6 is 0 Å². The average Bonchev–Trinajstić information content (AvgIpc) is 3.06. The van der Waals surface area contributed by atoms with Crippen LogP contribution in [0.1, 0.15) is 79.6 Å². The number of rotatable bonds is 7. The summed E-state index contributed by atoms with van der Waals surface area (Å²) in [6.07, 6.45) is 4.60. The summed E-state index contributed by atoms with van der Waals surface area (Å²) in [4.78, 5) is 50.7. The molecule has 0 bridgehead atoms. The monoisotopic (exact) mass is 518 g/mol. The third kappa shape index (κ3) is 4.01. The van der Waals surface area contributed by atoms with E-state index in [1.165, 1.54) is 6.08 Å². The number of esters is 2. The summed E-state index contributed by atoms with van der Waals surface area (Å²) in [5.41, 5.74) is -2.82. The highest BCUT2D eigenvalue weighted by atomic mass is 19.1. The van der Waals surface area contributed by atoms with Crippen molar-refractivity contribution < 1.29 is 38.1 Å². The molecule has 37 heavy (non-hydrogen) atoms. The fraction of sp³-hybridized carbons (Fsp3) is 0.724. The maximum Gasteiger partial charge on any atom is 0.306 e. The zero-order valence-electron chi connectivity index (χ0n) is 22.5. The van der Waals surface area contributed by atoms with Gasteiger partial charge in [0.15, 0.2) is 18.0 Å². The van der Waals surface area contributed by atoms with Crippen LogP contribution in [0.15, 0.2) is 23.6 Å². The predicted octanol–water partition coefficient (Wildman–Crippen LogP) is 4.41. The van der Waals surface area contributed by atoms with Gasteiger partial charge in [-0.25, -0.2) is 4.39 Å². The number of carbonyl (C=O) groups excluding carboxylic acids is 4. The first-order chi connectivity index (χ1) is 17.4. The van der Waals surface area contributed by atoms with E-state index in [-0.39, 0.29) is 42.9 Å². The fourth-order valence-corrected chi connectivity index (χ4v) is 8.39. The zero-order valence-corrected chi connectivity index (χ0v) is 22.5. The summed E-state index contributed by atoms with van der Waals surface area (Å²) in [5.74, 6) is -3.70. The minimum Gasteiger partial charge on any atom is -0.457 e. The van der Waals surface area contributed by atoms with E-state index in [0.717, 1.165) is 0 Å². The van der Waals surface area contributed by atoms with Crippen molar-refractivity contribution >= 4 is 23.5 Å². The lowest BCUT2D eigenvalue weighted by atomic mass is 9.46. The number of fused-ring (bicyclic) bond motifs is 5. The molecule has 4 aliphatic carbocycles. The Balaban J connectivity index is 1.77. The Morgan fingerprint density at radius 2 is 1.89 bits per heavy atom. The quantitative estimate of drug-likeness (QED) is 0.498. The van der Waals surface area contributed by atoms with E-state index in [4.69, 9.17) is 9.47 Å². The summed E-state index contributed by atoms with van der Waals surface area (Å²) >= 11 is 0. The van der Waals surface area contributed by atoms with Crippen LogP contribution in [-0.2, 0) is 28.7 Å². The number of aliphatic hydroxyl groups is 1. The molecule has 204 valence electrons. The predicted molar refractivity (Wildman–Crippen MR) is 133 cm³/mol. The van der Waals surface area contributed by atoms with Crippen molar-refractivity contribution in [3.8, 4) is 0 Å². The van der Waals surface area contributed by atoms with Gasteiger partial charge in [0, 0.05) is 35.5 Å². The van der Waals surface area contributed by atoms with E-state index in [2.05, 4.69) is 0 Å². The van der Waals surface area contributed by atoms with Crippen LogP contribution in [0.25, 0.3) is 0 Å². The molecule has 0 aromatic heterocycles. The Bertz CT molecular complexity index is 1060. The number of hydrogen-bond acceptors (Lipinski definition) is 7. The molecule has 8 heteroatoms. The summed E-state index contributed by atoms with van der Waals surface area (Å²) in [6.45, 7) is 8.68. The number of halogens is 1. The molecule has 4 rings (SSSR count). The van der Waals surface area contributed by atoms with Crippen molar-refractivity contribution in [1.29, 1.82) is 0 Å². The number of Topliss-reactive ketones (excluding diaryl/α,β-unsaturated/α-hetero) is 1. The van der Waals surface area contributed by atoms with E-state index < -0.39 is 58.5 Å². The summed E-state index contributed by atoms with van der Waals surface area (Å²) in [7, 11) is 0. The highest BCUT2D eigenvalue weighted by Crippen LogP contribution is 2.69. The van der Waals surface area contributed by atoms with Gasteiger partial charge in [0.05, 0.1) is 6.10 Å². The minimum absolute atomic E-state index is 0.0756. The van der Waals surface area contributed by atoms with Crippen molar-refractivity contribution in [1.82, 2.24) is 0 Å². The molecule has 1 N–H and O–H groups in total. The smallest absolute Gasteiger partial charge is 0.306 e. The van der Waals surface area contributed by atoms with Gasteiger partial charge in [-0.3, -0.25) is 19.2 Å². The lowest BCUT2D eigenvalue weighted by molar-refractivity contribution is -0.206. The van der Waals surface area contributed by atoms with Crippen LogP contribution in [0.3, 0.4) is 0 Å². The van der Waals surface area contributed by atoms with Crippen molar-refractivity contribution in [2.45, 2.75) is 91.3 Å². The number of carbonyl (C=O) groups is 4. The maximum atomic E-state index is 14.9. The molecular formula is C29H39FO7. The average molecular weight is 519 g/mol. The molecule has 0 aliphatic heterocycles. The van der Waals surface area contributed by atoms with E-state index >= 15 is 0 Å². The first-order valence-corrected chi connectivity index (χ1v) is 13.6. The van der Waals surface area contributed by atoms with Crippen LogP contribution in [-0.4, -0.2) is 46.9 Å². The number of allylic oxidation sites excluding steroid dienone is 4. The molecule has 7 nitrogen and oxygen atoms in total. The Kier molecular flexibility index (Phi) is 7.30.